The zero-order valence-corrected chi connectivity index (χ0v) is 18.2. The summed E-state index contributed by atoms with van der Waals surface area (Å²) in [6, 6.07) is 8.05. The standard InChI is InChI=1S/C21H25ClN6O2/c1-12(27(3)19(29)15-5-6-15)14-7-9-16(10-8-14)24-17-11-23-21-25-20(22)26-28(21)18(17)13(2)30-4/h7-13,15,24H,5-6H2,1-4H3/t12?,13-/m0/s1. The number of benzene rings is 1. The van der Waals surface area contributed by atoms with Crippen LogP contribution in [0.1, 0.15) is 50.1 Å². The SMILES string of the molecule is CO[C@@H](C)c1c(Nc2ccc(C(C)N(C)C(=O)C3CC3)cc2)cnc2nc(Cl)nn12. The Balaban J connectivity index is 1.57. The van der Waals surface area contributed by atoms with Crippen LogP contribution in [-0.2, 0) is 9.53 Å². The maximum absolute atomic E-state index is 12.3. The minimum absolute atomic E-state index is 0.0199. The number of carbonyl (C=O) groups is 1. The molecule has 4 rings (SSSR count). The van der Waals surface area contributed by atoms with Crippen molar-refractivity contribution in [2.45, 2.75) is 38.8 Å². The van der Waals surface area contributed by atoms with E-state index in [1.54, 1.807) is 17.8 Å². The summed E-state index contributed by atoms with van der Waals surface area (Å²) in [7, 11) is 3.51. The zero-order valence-electron chi connectivity index (χ0n) is 17.5. The number of nitrogens with one attached hydrogen (secondary N) is 1. The average Bonchev–Trinajstić information content (AvgIpc) is 3.53. The van der Waals surface area contributed by atoms with Crippen LogP contribution in [0.2, 0.25) is 5.28 Å². The first-order chi connectivity index (χ1) is 14.4. The molecule has 1 aliphatic rings. The van der Waals surface area contributed by atoms with Crippen LogP contribution in [0.4, 0.5) is 11.4 Å². The van der Waals surface area contributed by atoms with Crippen LogP contribution in [0.3, 0.4) is 0 Å². The number of nitrogens with zero attached hydrogens (tertiary/aromatic N) is 5. The highest BCUT2D eigenvalue weighted by Crippen LogP contribution is 2.34. The molecule has 1 fully saturated rings. The van der Waals surface area contributed by atoms with Gasteiger partial charge in [0.25, 0.3) is 5.78 Å². The monoisotopic (exact) mass is 428 g/mol. The van der Waals surface area contributed by atoms with Gasteiger partial charge in [0, 0.05) is 25.8 Å². The van der Waals surface area contributed by atoms with E-state index < -0.39 is 0 Å². The fourth-order valence-electron chi connectivity index (χ4n) is 3.46. The van der Waals surface area contributed by atoms with Crippen LogP contribution in [0.25, 0.3) is 5.78 Å². The number of amides is 1. The second kappa shape index (κ2) is 8.20. The van der Waals surface area contributed by atoms with Crippen molar-refractivity contribution < 1.29 is 9.53 Å². The quantitative estimate of drug-likeness (QED) is 0.608. The number of aromatic nitrogens is 4. The van der Waals surface area contributed by atoms with Crippen LogP contribution in [0.15, 0.2) is 30.5 Å². The smallest absolute Gasteiger partial charge is 0.253 e. The van der Waals surface area contributed by atoms with Gasteiger partial charge in [0.05, 0.1) is 29.7 Å². The third kappa shape index (κ3) is 3.97. The Morgan fingerprint density at radius 2 is 2.00 bits per heavy atom. The second-order valence-corrected chi connectivity index (χ2v) is 8.01. The first-order valence-electron chi connectivity index (χ1n) is 9.96. The molecule has 0 saturated heterocycles. The Hall–Kier alpha value is -2.71. The molecule has 1 amide bonds. The fourth-order valence-corrected chi connectivity index (χ4v) is 3.61. The topological polar surface area (TPSA) is 84.6 Å². The van der Waals surface area contributed by atoms with Crippen molar-refractivity contribution in [2.24, 2.45) is 5.92 Å². The maximum Gasteiger partial charge on any atom is 0.253 e. The van der Waals surface area contributed by atoms with Gasteiger partial charge in [0.15, 0.2) is 0 Å². The number of halogens is 1. The van der Waals surface area contributed by atoms with Gasteiger partial charge in [0.1, 0.15) is 0 Å². The van der Waals surface area contributed by atoms with Crippen LogP contribution < -0.4 is 5.32 Å². The molecule has 1 N–H and O–H groups in total. The number of carbonyl (C=O) groups excluding carboxylic acids is 1. The van der Waals surface area contributed by atoms with Gasteiger partial charge in [-0.05, 0) is 56.0 Å². The molecule has 2 heterocycles. The molecule has 1 unspecified atom stereocenters. The molecule has 30 heavy (non-hydrogen) atoms. The van der Waals surface area contributed by atoms with Crippen molar-refractivity contribution >= 4 is 34.7 Å². The summed E-state index contributed by atoms with van der Waals surface area (Å²) in [6.07, 6.45) is 3.47. The molecule has 0 bridgehead atoms. The summed E-state index contributed by atoms with van der Waals surface area (Å²) in [5.41, 5.74) is 3.49. The molecule has 158 valence electrons. The number of fused-ring (bicyclic) bond motifs is 1. The van der Waals surface area contributed by atoms with Gasteiger partial charge in [0.2, 0.25) is 11.2 Å². The van der Waals surface area contributed by atoms with Gasteiger partial charge < -0.3 is 15.0 Å². The van der Waals surface area contributed by atoms with E-state index >= 15 is 0 Å². The van der Waals surface area contributed by atoms with E-state index in [0.29, 0.717) is 5.78 Å². The Kier molecular flexibility index (Phi) is 5.62. The number of methoxy groups -OCH3 is 1. The Morgan fingerprint density at radius 1 is 1.30 bits per heavy atom. The molecule has 1 aromatic carbocycles. The van der Waals surface area contributed by atoms with E-state index in [0.717, 1.165) is 35.5 Å². The summed E-state index contributed by atoms with van der Waals surface area (Å²) >= 11 is 5.96. The number of anilines is 2. The van der Waals surface area contributed by atoms with Crippen LogP contribution >= 0.6 is 11.6 Å². The van der Waals surface area contributed by atoms with Gasteiger partial charge in [-0.1, -0.05) is 12.1 Å². The third-order valence-corrected chi connectivity index (χ3v) is 5.80. The zero-order chi connectivity index (χ0) is 21.4. The normalized spacial score (nSPS) is 15.8. The minimum atomic E-state index is -0.253. The first kappa shape index (κ1) is 20.6. The lowest BCUT2D eigenvalue weighted by molar-refractivity contribution is -0.133. The lowest BCUT2D eigenvalue weighted by Crippen LogP contribution is -2.30. The highest BCUT2D eigenvalue weighted by molar-refractivity contribution is 6.28. The van der Waals surface area contributed by atoms with Crippen molar-refractivity contribution in [3.05, 3.63) is 47.0 Å². The van der Waals surface area contributed by atoms with E-state index in [2.05, 4.69) is 20.4 Å². The minimum Gasteiger partial charge on any atom is -0.375 e. The Bertz CT molecular complexity index is 1060. The lowest BCUT2D eigenvalue weighted by atomic mass is 10.1. The highest BCUT2D eigenvalue weighted by Gasteiger charge is 2.33. The van der Waals surface area contributed by atoms with E-state index in [4.69, 9.17) is 16.3 Å². The highest BCUT2D eigenvalue weighted by atomic mass is 35.5. The number of ether oxygens (including phenoxy) is 1. The van der Waals surface area contributed by atoms with Crippen LogP contribution in [0, 0.1) is 5.92 Å². The number of hydrogen-bond acceptors (Lipinski definition) is 6. The molecule has 2 aromatic heterocycles. The predicted octanol–water partition coefficient (Wildman–Crippen LogP) is 4.16. The van der Waals surface area contributed by atoms with Crippen LogP contribution in [-0.4, -0.2) is 44.5 Å². The lowest BCUT2D eigenvalue weighted by Gasteiger charge is -2.25. The molecule has 8 nitrogen and oxygen atoms in total. The van der Waals surface area contributed by atoms with Crippen molar-refractivity contribution in [1.29, 1.82) is 0 Å². The molecule has 2 atom stereocenters. The fraction of sp³-hybridized carbons (Fsp3) is 0.429. The van der Waals surface area contributed by atoms with Gasteiger partial charge in [-0.25, -0.2) is 4.98 Å². The molecule has 0 aliphatic heterocycles. The van der Waals surface area contributed by atoms with Crippen molar-refractivity contribution in [2.75, 3.05) is 19.5 Å². The molecule has 9 heteroatoms. The van der Waals surface area contributed by atoms with Crippen molar-refractivity contribution in [1.82, 2.24) is 24.5 Å². The Labute approximate surface area is 180 Å². The molecule has 1 saturated carbocycles. The van der Waals surface area contributed by atoms with Crippen LogP contribution in [0.5, 0.6) is 0 Å². The summed E-state index contributed by atoms with van der Waals surface area (Å²) in [5.74, 6) is 0.859. The second-order valence-electron chi connectivity index (χ2n) is 7.67. The van der Waals surface area contributed by atoms with Gasteiger partial charge in [-0.2, -0.15) is 9.50 Å². The first-order valence-corrected chi connectivity index (χ1v) is 10.3. The van der Waals surface area contributed by atoms with Gasteiger partial charge in [-0.15, -0.1) is 5.10 Å². The molecule has 0 spiro atoms. The molecular formula is C21H25ClN6O2. The molecule has 3 aromatic rings. The maximum atomic E-state index is 12.3. The van der Waals surface area contributed by atoms with Gasteiger partial charge in [-0.3, -0.25) is 4.79 Å². The summed E-state index contributed by atoms with van der Waals surface area (Å²) < 4.78 is 7.11. The van der Waals surface area contributed by atoms with E-state index in [1.165, 1.54) is 0 Å². The number of rotatable bonds is 7. The summed E-state index contributed by atoms with van der Waals surface area (Å²) in [6.45, 7) is 3.97. The van der Waals surface area contributed by atoms with Crippen molar-refractivity contribution in [3.63, 3.8) is 0 Å². The third-order valence-electron chi connectivity index (χ3n) is 5.64. The molecule has 1 aliphatic carbocycles. The van der Waals surface area contributed by atoms with Crippen molar-refractivity contribution in [3.8, 4) is 0 Å². The van der Waals surface area contributed by atoms with Gasteiger partial charge >= 0.3 is 0 Å². The van der Waals surface area contributed by atoms with E-state index in [9.17, 15) is 4.79 Å². The summed E-state index contributed by atoms with van der Waals surface area (Å²) in [5, 5.41) is 7.74. The predicted molar refractivity (Wildman–Crippen MR) is 115 cm³/mol. The molecule has 0 radical (unpaired) electrons. The average molecular weight is 429 g/mol. The van der Waals surface area contributed by atoms with E-state index in [1.807, 2.05) is 50.1 Å². The van der Waals surface area contributed by atoms with E-state index in [-0.39, 0.29) is 29.3 Å². The largest absolute Gasteiger partial charge is 0.375 e. The molecular weight excluding hydrogens is 404 g/mol. The number of hydrogen-bond donors (Lipinski definition) is 1. The summed E-state index contributed by atoms with van der Waals surface area (Å²) in [4.78, 5) is 22.6. The Morgan fingerprint density at radius 3 is 2.63 bits per heavy atom.